The van der Waals surface area contributed by atoms with Gasteiger partial charge in [-0.1, -0.05) is 6.08 Å². The summed E-state index contributed by atoms with van der Waals surface area (Å²) in [4.78, 5) is 4.44. The maximum atomic E-state index is 14.8. The third kappa shape index (κ3) is 2.97. The number of aliphatic hydroxyl groups excluding tert-OH is 1. The smallest absolute Gasteiger partial charge is 0.137 e. The van der Waals surface area contributed by atoms with E-state index in [1.807, 2.05) is 30.3 Å². The molecule has 3 fully saturated rings. The molecule has 182 valence electrons. The molecular formula is C28H28F3N2O2+. The van der Waals surface area contributed by atoms with Crippen LogP contribution in [0.2, 0.25) is 0 Å². The number of hydrogen-bond acceptors (Lipinski definition) is 3. The predicted octanol–water partition coefficient (Wildman–Crippen LogP) is 5.45. The average Bonchev–Trinajstić information content (AvgIpc) is 2.96. The van der Waals surface area contributed by atoms with Crippen molar-refractivity contribution in [3.63, 3.8) is 0 Å². The van der Waals surface area contributed by atoms with Gasteiger partial charge in [0.25, 0.3) is 0 Å². The van der Waals surface area contributed by atoms with Crippen LogP contribution in [0.15, 0.2) is 55.3 Å². The third-order valence-corrected chi connectivity index (χ3v) is 9.27. The fourth-order valence-electron chi connectivity index (χ4n) is 7.52. The molecule has 1 spiro atoms. The zero-order chi connectivity index (χ0) is 24.5. The molecule has 0 bridgehead atoms. The molecule has 35 heavy (non-hydrogen) atoms. The molecule has 3 aromatic rings. The second-order valence-corrected chi connectivity index (χ2v) is 10.4. The lowest BCUT2D eigenvalue weighted by atomic mass is 9.54. The number of nitrogens with zero attached hydrogens (tertiary/aromatic N) is 2. The Labute approximate surface area is 202 Å². The molecule has 1 N–H and O–H groups in total. The van der Waals surface area contributed by atoms with Gasteiger partial charge in [0.1, 0.15) is 47.4 Å². The normalized spacial score (nSPS) is 31.7. The van der Waals surface area contributed by atoms with Gasteiger partial charge in [-0.25, -0.2) is 13.2 Å². The van der Waals surface area contributed by atoms with Crippen molar-refractivity contribution in [3.8, 4) is 5.75 Å². The maximum absolute atomic E-state index is 14.8. The summed E-state index contributed by atoms with van der Waals surface area (Å²) in [7, 11) is 1.59. The maximum Gasteiger partial charge on any atom is 0.137 e. The van der Waals surface area contributed by atoms with Crippen LogP contribution in [0.5, 0.6) is 5.75 Å². The highest BCUT2D eigenvalue weighted by Crippen LogP contribution is 2.69. The van der Waals surface area contributed by atoms with E-state index in [-0.39, 0.29) is 23.7 Å². The highest BCUT2D eigenvalue weighted by molar-refractivity contribution is 5.84. The van der Waals surface area contributed by atoms with Crippen LogP contribution in [0.1, 0.15) is 36.5 Å². The topological polar surface area (TPSA) is 42.4 Å². The zero-order valence-corrected chi connectivity index (χ0v) is 19.6. The summed E-state index contributed by atoms with van der Waals surface area (Å²) in [6, 6.07) is 8.60. The molecule has 2 aliphatic heterocycles. The summed E-state index contributed by atoms with van der Waals surface area (Å²) in [5, 5.41) is 12.7. The van der Waals surface area contributed by atoms with Crippen molar-refractivity contribution >= 4 is 10.9 Å². The van der Waals surface area contributed by atoms with Crippen LogP contribution in [0.4, 0.5) is 13.2 Å². The largest absolute Gasteiger partial charge is 0.497 e. The monoisotopic (exact) mass is 481 g/mol. The molecule has 2 aromatic carbocycles. The Kier molecular flexibility index (Phi) is 5.03. The predicted molar refractivity (Wildman–Crippen MR) is 126 cm³/mol. The number of hydrogen-bond donors (Lipinski definition) is 1. The summed E-state index contributed by atoms with van der Waals surface area (Å²) < 4.78 is 49.1. The Morgan fingerprint density at radius 1 is 1.23 bits per heavy atom. The fourth-order valence-corrected chi connectivity index (χ4v) is 7.52. The second kappa shape index (κ2) is 7.80. The van der Waals surface area contributed by atoms with Crippen molar-refractivity contribution in [1.82, 2.24) is 4.98 Å². The minimum atomic E-state index is -0.925. The number of rotatable bonds is 6. The molecule has 1 aliphatic carbocycles. The van der Waals surface area contributed by atoms with E-state index in [2.05, 4.69) is 11.6 Å². The SMILES string of the molecule is C=CC1CC23CC[N+]2(Cc2c(F)cc(F)cc2F)C(C(O)c2ccnc4ccc(OC)cc24)CC13. The highest BCUT2D eigenvalue weighted by atomic mass is 19.1. The minimum absolute atomic E-state index is 0.0897. The van der Waals surface area contributed by atoms with Gasteiger partial charge >= 0.3 is 0 Å². The van der Waals surface area contributed by atoms with E-state index in [1.54, 1.807) is 13.3 Å². The average molecular weight is 482 g/mol. The summed E-state index contributed by atoms with van der Waals surface area (Å²) in [6.45, 7) is 4.81. The van der Waals surface area contributed by atoms with Gasteiger partial charge in [0.05, 0.1) is 31.2 Å². The highest BCUT2D eigenvalue weighted by Gasteiger charge is 2.78. The van der Waals surface area contributed by atoms with Crippen LogP contribution in [-0.4, -0.2) is 39.8 Å². The first kappa shape index (κ1) is 22.6. The lowest BCUT2D eigenvalue weighted by Gasteiger charge is -2.67. The molecular weight excluding hydrogens is 453 g/mol. The molecule has 7 heteroatoms. The van der Waals surface area contributed by atoms with E-state index in [0.29, 0.717) is 28.6 Å². The molecule has 6 atom stereocenters. The summed E-state index contributed by atoms with van der Waals surface area (Å²) in [5.74, 6) is -1.38. The Bertz CT molecular complexity index is 1320. The van der Waals surface area contributed by atoms with Gasteiger partial charge in [-0.3, -0.25) is 4.98 Å². The van der Waals surface area contributed by atoms with E-state index in [0.717, 1.165) is 47.9 Å². The number of aliphatic hydroxyl groups is 1. The summed E-state index contributed by atoms with van der Waals surface area (Å²) >= 11 is 0. The van der Waals surface area contributed by atoms with Crippen molar-refractivity contribution in [2.24, 2.45) is 11.8 Å². The van der Waals surface area contributed by atoms with Crippen LogP contribution < -0.4 is 4.74 Å². The Morgan fingerprint density at radius 3 is 2.66 bits per heavy atom. The van der Waals surface area contributed by atoms with Crippen molar-refractivity contribution in [3.05, 3.63) is 83.8 Å². The summed E-state index contributed by atoms with van der Waals surface area (Å²) in [6.07, 6.45) is 5.35. The molecule has 2 saturated heterocycles. The van der Waals surface area contributed by atoms with E-state index in [9.17, 15) is 18.3 Å². The second-order valence-electron chi connectivity index (χ2n) is 10.4. The quantitative estimate of drug-likeness (QED) is 0.376. The number of ether oxygens (including phenoxy) is 1. The first-order valence-corrected chi connectivity index (χ1v) is 12.1. The van der Waals surface area contributed by atoms with Crippen molar-refractivity contribution in [2.45, 2.75) is 43.5 Å². The van der Waals surface area contributed by atoms with E-state index >= 15 is 0 Å². The number of benzene rings is 2. The zero-order valence-electron chi connectivity index (χ0n) is 19.6. The Balaban J connectivity index is 1.46. The lowest BCUT2D eigenvalue weighted by molar-refractivity contribution is -1.05. The van der Waals surface area contributed by atoms with Gasteiger partial charge < -0.3 is 14.3 Å². The number of allylic oxidation sites excluding steroid dienone is 1. The van der Waals surface area contributed by atoms with Crippen LogP contribution in [0.3, 0.4) is 0 Å². The summed E-state index contributed by atoms with van der Waals surface area (Å²) in [5.41, 5.74) is 1.23. The first-order valence-electron chi connectivity index (χ1n) is 12.1. The van der Waals surface area contributed by atoms with E-state index in [4.69, 9.17) is 4.74 Å². The fraction of sp³-hybridized carbons (Fsp3) is 0.393. The minimum Gasteiger partial charge on any atom is -0.497 e. The van der Waals surface area contributed by atoms with Crippen molar-refractivity contribution < 1.29 is 27.5 Å². The number of methoxy groups -OCH3 is 1. The van der Waals surface area contributed by atoms with Gasteiger partial charge in [0.2, 0.25) is 0 Å². The first-order chi connectivity index (χ1) is 16.8. The van der Waals surface area contributed by atoms with Gasteiger partial charge in [-0.2, -0.15) is 0 Å². The van der Waals surface area contributed by atoms with Crippen LogP contribution in [0.25, 0.3) is 10.9 Å². The molecule has 4 nitrogen and oxygen atoms in total. The van der Waals surface area contributed by atoms with Crippen molar-refractivity contribution in [1.29, 1.82) is 0 Å². The molecule has 1 saturated carbocycles. The van der Waals surface area contributed by atoms with Crippen LogP contribution in [0, 0.1) is 29.3 Å². The molecule has 6 unspecified atom stereocenters. The molecule has 0 amide bonds. The molecule has 6 rings (SSSR count). The van der Waals surface area contributed by atoms with E-state index in [1.165, 1.54) is 0 Å². The van der Waals surface area contributed by atoms with Crippen LogP contribution >= 0.6 is 0 Å². The Hall–Kier alpha value is -2.90. The third-order valence-electron chi connectivity index (χ3n) is 9.27. The standard InChI is InChI=1S/C28H28F3N2O2/c1-3-16-14-28-7-9-33(28,15-21-23(30)10-17(29)11-24(21)31)26(13-22(16)28)27(34)19-6-8-32-25-5-4-18(35-2)12-20(19)25/h3-6,8,10-12,16,22,26-27,34H,1,7,9,13-15H2,2H3/q+1. The van der Waals surface area contributed by atoms with Crippen molar-refractivity contribution in [2.75, 3.05) is 13.7 Å². The van der Waals surface area contributed by atoms with Gasteiger partial charge in [0, 0.05) is 42.5 Å². The molecule has 3 aliphatic rings. The number of pyridine rings is 1. The lowest BCUT2D eigenvalue weighted by Crippen LogP contribution is -2.79. The molecule has 1 aromatic heterocycles. The van der Waals surface area contributed by atoms with Gasteiger partial charge in [-0.15, -0.1) is 6.58 Å². The number of halogens is 3. The van der Waals surface area contributed by atoms with Gasteiger partial charge in [-0.05, 0) is 35.7 Å². The van der Waals surface area contributed by atoms with Gasteiger partial charge in [0.15, 0.2) is 0 Å². The van der Waals surface area contributed by atoms with E-state index < -0.39 is 23.6 Å². The number of fused-ring (bicyclic) bond motifs is 1. The number of aromatic nitrogens is 1. The Morgan fingerprint density at radius 2 is 2.00 bits per heavy atom. The molecule has 0 radical (unpaired) electrons. The number of quaternary nitrogens is 1. The van der Waals surface area contributed by atoms with Crippen LogP contribution in [-0.2, 0) is 6.54 Å². The molecule has 3 heterocycles.